The van der Waals surface area contributed by atoms with Crippen molar-refractivity contribution >= 4 is 0 Å². The molecule has 0 bridgehead atoms. The highest BCUT2D eigenvalue weighted by atomic mass is 16.5. The summed E-state index contributed by atoms with van der Waals surface area (Å²) in [6.07, 6.45) is 9.62. The van der Waals surface area contributed by atoms with Gasteiger partial charge < -0.3 is 14.5 Å². The second-order valence-electron chi connectivity index (χ2n) is 5.07. The average Bonchev–Trinajstić information content (AvgIpc) is 2.95. The van der Waals surface area contributed by atoms with E-state index in [0.29, 0.717) is 0 Å². The van der Waals surface area contributed by atoms with E-state index in [-0.39, 0.29) is 6.04 Å². The summed E-state index contributed by atoms with van der Waals surface area (Å²) in [5, 5.41) is 3.39. The van der Waals surface area contributed by atoms with Crippen molar-refractivity contribution in [3.05, 3.63) is 24.2 Å². The fourth-order valence-electron chi connectivity index (χ4n) is 2.07. The first-order valence-electron chi connectivity index (χ1n) is 7.69. The van der Waals surface area contributed by atoms with Gasteiger partial charge in [-0.05, 0) is 25.5 Å². The lowest BCUT2D eigenvalue weighted by atomic mass is 10.1. The standard InChI is InChI=1S/C16H29NO2/c1-3-4-5-6-7-8-12-18-14-11-17-15(2)16-10-9-13-19-16/h9-10,13,15,17H,3-8,11-12,14H2,1-2H3. The summed E-state index contributed by atoms with van der Waals surface area (Å²) in [6.45, 7) is 6.90. The Labute approximate surface area is 117 Å². The summed E-state index contributed by atoms with van der Waals surface area (Å²) >= 11 is 0. The van der Waals surface area contributed by atoms with Gasteiger partial charge >= 0.3 is 0 Å². The van der Waals surface area contributed by atoms with Gasteiger partial charge in [0.15, 0.2) is 0 Å². The Morgan fingerprint density at radius 1 is 1.16 bits per heavy atom. The summed E-state index contributed by atoms with van der Waals surface area (Å²) in [6, 6.07) is 4.17. The highest BCUT2D eigenvalue weighted by Crippen LogP contribution is 2.11. The number of nitrogens with one attached hydrogen (secondary N) is 1. The molecule has 0 aliphatic carbocycles. The van der Waals surface area contributed by atoms with Crippen LogP contribution in [0.2, 0.25) is 0 Å². The fourth-order valence-corrected chi connectivity index (χ4v) is 2.07. The molecule has 1 rings (SSSR count). The van der Waals surface area contributed by atoms with Crippen LogP contribution in [0.5, 0.6) is 0 Å². The van der Waals surface area contributed by atoms with Crippen LogP contribution in [0.4, 0.5) is 0 Å². The molecule has 0 radical (unpaired) electrons. The Balaban J connectivity index is 1.83. The molecule has 3 nitrogen and oxygen atoms in total. The fraction of sp³-hybridized carbons (Fsp3) is 0.750. The van der Waals surface area contributed by atoms with E-state index in [1.807, 2.05) is 12.1 Å². The van der Waals surface area contributed by atoms with Crippen molar-refractivity contribution in [2.45, 2.75) is 58.4 Å². The molecule has 0 spiro atoms. The third-order valence-electron chi connectivity index (χ3n) is 3.31. The van der Waals surface area contributed by atoms with Gasteiger partial charge in [0.05, 0.1) is 18.9 Å². The van der Waals surface area contributed by atoms with Crippen LogP contribution in [0.1, 0.15) is 64.2 Å². The largest absolute Gasteiger partial charge is 0.468 e. The minimum atomic E-state index is 0.257. The Bertz CT molecular complexity index is 285. The lowest BCUT2D eigenvalue weighted by Crippen LogP contribution is -2.23. The molecule has 0 aliphatic rings. The summed E-state index contributed by atoms with van der Waals surface area (Å²) in [7, 11) is 0. The van der Waals surface area contributed by atoms with Crippen LogP contribution >= 0.6 is 0 Å². The van der Waals surface area contributed by atoms with E-state index in [9.17, 15) is 0 Å². The molecule has 0 saturated carbocycles. The van der Waals surface area contributed by atoms with E-state index >= 15 is 0 Å². The minimum absolute atomic E-state index is 0.257. The van der Waals surface area contributed by atoms with Crippen LogP contribution in [0, 0.1) is 0 Å². The second-order valence-corrected chi connectivity index (χ2v) is 5.07. The van der Waals surface area contributed by atoms with Crippen LogP contribution in [-0.2, 0) is 4.74 Å². The molecule has 110 valence electrons. The van der Waals surface area contributed by atoms with Gasteiger partial charge in [0.25, 0.3) is 0 Å². The normalized spacial score (nSPS) is 12.7. The lowest BCUT2D eigenvalue weighted by Gasteiger charge is -2.11. The molecule has 0 aliphatic heterocycles. The molecule has 3 heteroatoms. The summed E-state index contributed by atoms with van der Waals surface area (Å²) in [5.74, 6) is 0.982. The first kappa shape index (κ1) is 16.3. The summed E-state index contributed by atoms with van der Waals surface area (Å²) in [5.41, 5.74) is 0. The molecule has 1 N–H and O–H groups in total. The summed E-state index contributed by atoms with van der Waals surface area (Å²) in [4.78, 5) is 0. The minimum Gasteiger partial charge on any atom is -0.468 e. The zero-order valence-electron chi connectivity index (χ0n) is 12.5. The molecule has 1 aromatic heterocycles. The van der Waals surface area contributed by atoms with E-state index in [0.717, 1.165) is 25.5 Å². The summed E-state index contributed by atoms with van der Waals surface area (Å²) < 4.78 is 10.9. The van der Waals surface area contributed by atoms with Crippen LogP contribution in [0.25, 0.3) is 0 Å². The Morgan fingerprint density at radius 2 is 1.95 bits per heavy atom. The maximum Gasteiger partial charge on any atom is 0.120 e. The number of ether oxygens (including phenoxy) is 1. The third-order valence-corrected chi connectivity index (χ3v) is 3.31. The number of hydrogen-bond acceptors (Lipinski definition) is 3. The Kier molecular flexibility index (Phi) is 9.46. The number of rotatable bonds is 12. The Morgan fingerprint density at radius 3 is 2.68 bits per heavy atom. The van der Waals surface area contributed by atoms with Gasteiger partial charge in [-0.15, -0.1) is 0 Å². The molecule has 0 amide bonds. The topological polar surface area (TPSA) is 34.4 Å². The van der Waals surface area contributed by atoms with Crippen molar-refractivity contribution in [3.8, 4) is 0 Å². The van der Waals surface area contributed by atoms with Crippen molar-refractivity contribution in [1.82, 2.24) is 5.32 Å². The van der Waals surface area contributed by atoms with Crippen molar-refractivity contribution < 1.29 is 9.15 Å². The molecule has 19 heavy (non-hydrogen) atoms. The smallest absolute Gasteiger partial charge is 0.120 e. The first-order chi connectivity index (χ1) is 9.34. The van der Waals surface area contributed by atoms with Crippen LogP contribution in [-0.4, -0.2) is 19.8 Å². The third kappa shape index (κ3) is 8.06. The molecule has 1 heterocycles. The first-order valence-corrected chi connectivity index (χ1v) is 7.69. The van der Waals surface area contributed by atoms with Crippen LogP contribution in [0.3, 0.4) is 0 Å². The second kappa shape index (κ2) is 11.1. The SMILES string of the molecule is CCCCCCCCOCCNC(C)c1ccco1. The maximum atomic E-state index is 5.61. The van der Waals surface area contributed by atoms with E-state index < -0.39 is 0 Å². The maximum absolute atomic E-state index is 5.61. The zero-order valence-corrected chi connectivity index (χ0v) is 12.5. The van der Waals surface area contributed by atoms with Crippen molar-refractivity contribution in [3.63, 3.8) is 0 Å². The van der Waals surface area contributed by atoms with Gasteiger partial charge in [0.1, 0.15) is 5.76 Å². The van der Waals surface area contributed by atoms with Gasteiger partial charge in [0, 0.05) is 13.2 Å². The van der Waals surface area contributed by atoms with Crippen molar-refractivity contribution in [1.29, 1.82) is 0 Å². The molecule has 0 saturated heterocycles. The predicted molar refractivity (Wildman–Crippen MR) is 79.3 cm³/mol. The van der Waals surface area contributed by atoms with Gasteiger partial charge in [-0.3, -0.25) is 0 Å². The highest BCUT2D eigenvalue weighted by molar-refractivity contribution is 5.02. The molecule has 1 aromatic rings. The monoisotopic (exact) mass is 267 g/mol. The predicted octanol–water partition coefficient (Wildman–Crippen LogP) is 4.31. The van der Waals surface area contributed by atoms with Gasteiger partial charge in [0.2, 0.25) is 0 Å². The van der Waals surface area contributed by atoms with Crippen LogP contribution < -0.4 is 5.32 Å². The van der Waals surface area contributed by atoms with Gasteiger partial charge in [-0.2, -0.15) is 0 Å². The lowest BCUT2D eigenvalue weighted by molar-refractivity contribution is 0.129. The molecule has 1 unspecified atom stereocenters. The molecule has 1 atom stereocenters. The number of hydrogen-bond donors (Lipinski definition) is 1. The molecular formula is C16H29NO2. The van der Waals surface area contributed by atoms with Crippen molar-refractivity contribution in [2.75, 3.05) is 19.8 Å². The van der Waals surface area contributed by atoms with E-state index in [4.69, 9.17) is 9.15 Å². The average molecular weight is 267 g/mol. The number of furan rings is 1. The Hall–Kier alpha value is -0.800. The highest BCUT2D eigenvalue weighted by Gasteiger charge is 2.05. The van der Waals surface area contributed by atoms with Crippen molar-refractivity contribution in [2.24, 2.45) is 0 Å². The van der Waals surface area contributed by atoms with E-state index in [1.54, 1.807) is 6.26 Å². The van der Waals surface area contributed by atoms with Gasteiger partial charge in [-0.25, -0.2) is 0 Å². The quantitative estimate of drug-likeness (QED) is 0.573. The number of unbranched alkanes of at least 4 members (excludes halogenated alkanes) is 5. The molecule has 0 fully saturated rings. The molecule has 0 aromatic carbocycles. The van der Waals surface area contributed by atoms with Crippen LogP contribution in [0.15, 0.2) is 22.8 Å². The van der Waals surface area contributed by atoms with Gasteiger partial charge in [-0.1, -0.05) is 39.0 Å². The van der Waals surface area contributed by atoms with E-state index in [1.165, 1.54) is 38.5 Å². The zero-order chi connectivity index (χ0) is 13.8. The molecular weight excluding hydrogens is 238 g/mol. The van der Waals surface area contributed by atoms with E-state index in [2.05, 4.69) is 19.2 Å².